The molecule has 0 aliphatic rings. The molecule has 162 valence electrons. The van der Waals surface area contributed by atoms with Gasteiger partial charge in [0.25, 0.3) is 0 Å². The van der Waals surface area contributed by atoms with Crippen LogP contribution in [0, 0.1) is 0 Å². The minimum atomic E-state index is -0.947. The van der Waals surface area contributed by atoms with Gasteiger partial charge in [-0.3, -0.25) is 0 Å². The maximum Gasteiger partial charge on any atom is 0.333 e. The van der Waals surface area contributed by atoms with Gasteiger partial charge in [0.15, 0.2) is 6.10 Å². The minimum absolute atomic E-state index is 0.334. The molecule has 0 radical (unpaired) electrons. The zero-order chi connectivity index (χ0) is 21.9. The number of hydrogen-bond acceptors (Lipinski definition) is 4. The van der Waals surface area contributed by atoms with Crippen molar-refractivity contribution in [2.45, 2.75) is 25.9 Å². The number of carboxylic acid groups (broad SMARTS) is 1. The van der Waals surface area contributed by atoms with Gasteiger partial charge >= 0.3 is 5.97 Å². The summed E-state index contributed by atoms with van der Waals surface area (Å²) in [7, 11) is 0. The van der Waals surface area contributed by atoms with Crippen molar-refractivity contribution in [1.82, 2.24) is 0 Å². The summed E-state index contributed by atoms with van der Waals surface area (Å²) in [5, 5.41) is 9.17. The number of carbonyl (C=O) groups is 1. The van der Waals surface area contributed by atoms with Crippen molar-refractivity contribution in [1.29, 1.82) is 0 Å². The Hall–Kier alpha value is -3.31. The molecule has 0 amide bonds. The van der Waals surface area contributed by atoms with E-state index in [0.29, 0.717) is 26.2 Å². The van der Waals surface area contributed by atoms with E-state index in [2.05, 4.69) is 24.3 Å². The zero-order valence-corrected chi connectivity index (χ0v) is 17.7. The average molecular weight is 421 g/mol. The number of benzene rings is 3. The van der Waals surface area contributed by atoms with Crippen LogP contribution in [-0.4, -0.2) is 37.0 Å². The third kappa shape index (κ3) is 7.15. The van der Waals surface area contributed by atoms with E-state index < -0.39 is 12.1 Å². The molecule has 1 N–H and O–H groups in total. The Balaban J connectivity index is 1.37. The van der Waals surface area contributed by atoms with Crippen LogP contribution in [0.25, 0.3) is 11.1 Å². The second kappa shape index (κ2) is 11.8. The van der Waals surface area contributed by atoms with E-state index in [1.54, 1.807) is 6.92 Å². The third-order valence-corrected chi connectivity index (χ3v) is 4.78. The van der Waals surface area contributed by atoms with Crippen LogP contribution in [0.5, 0.6) is 11.5 Å². The van der Waals surface area contributed by atoms with Crippen LogP contribution >= 0.6 is 0 Å². The molecule has 5 nitrogen and oxygen atoms in total. The standard InChI is InChI=1S/C26H28O5/c1-2-29-25(26(27)28)19-20-9-13-23(14-10-20)30-17-6-18-31-24-15-11-22(12-16-24)21-7-4-3-5-8-21/h3-5,7-16,25H,2,6,17-19H2,1H3,(H,27,28). The Morgan fingerprint density at radius 3 is 1.90 bits per heavy atom. The van der Waals surface area contributed by atoms with Crippen LogP contribution in [0.3, 0.4) is 0 Å². The second-order valence-electron chi connectivity index (χ2n) is 7.07. The van der Waals surface area contributed by atoms with Gasteiger partial charge in [0.1, 0.15) is 11.5 Å². The van der Waals surface area contributed by atoms with Crippen molar-refractivity contribution in [3.8, 4) is 22.6 Å². The SMILES string of the molecule is CCOC(Cc1ccc(OCCCOc2ccc(-c3ccccc3)cc2)cc1)C(=O)O. The molecule has 0 bridgehead atoms. The third-order valence-electron chi connectivity index (χ3n) is 4.78. The zero-order valence-electron chi connectivity index (χ0n) is 17.7. The summed E-state index contributed by atoms with van der Waals surface area (Å²) in [6.07, 6.45) is 0.268. The Bertz CT molecular complexity index is 920. The molecule has 0 heterocycles. The minimum Gasteiger partial charge on any atom is -0.493 e. The first-order valence-corrected chi connectivity index (χ1v) is 10.5. The quantitative estimate of drug-likeness (QED) is 0.406. The predicted molar refractivity (Wildman–Crippen MR) is 121 cm³/mol. The average Bonchev–Trinajstić information content (AvgIpc) is 2.80. The fourth-order valence-corrected chi connectivity index (χ4v) is 3.17. The first-order chi connectivity index (χ1) is 15.2. The number of carboxylic acids is 1. The van der Waals surface area contributed by atoms with E-state index in [1.807, 2.05) is 54.6 Å². The van der Waals surface area contributed by atoms with Gasteiger partial charge in [-0.25, -0.2) is 4.79 Å². The Morgan fingerprint density at radius 1 is 0.806 bits per heavy atom. The summed E-state index contributed by atoms with van der Waals surface area (Å²) in [5.41, 5.74) is 3.25. The van der Waals surface area contributed by atoms with Gasteiger partial charge in [-0.1, -0.05) is 54.6 Å². The molecule has 0 spiro atoms. The fraction of sp³-hybridized carbons (Fsp3) is 0.269. The summed E-state index contributed by atoms with van der Waals surface area (Å²) in [6, 6.07) is 25.8. The molecule has 5 heteroatoms. The van der Waals surface area contributed by atoms with Crippen molar-refractivity contribution in [2.75, 3.05) is 19.8 Å². The van der Waals surface area contributed by atoms with Crippen LogP contribution in [0.15, 0.2) is 78.9 Å². The summed E-state index contributed by atoms with van der Waals surface area (Å²) >= 11 is 0. The highest BCUT2D eigenvalue weighted by molar-refractivity contribution is 5.72. The Morgan fingerprint density at radius 2 is 1.35 bits per heavy atom. The molecule has 0 aromatic heterocycles. The van der Waals surface area contributed by atoms with Crippen molar-refractivity contribution >= 4 is 5.97 Å². The maximum atomic E-state index is 11.2. The number of aliphatic carboxylic acids is 1. The Labute approximate surface area is 183 Å². The molecule has 3 aromatic carbocycles. The molecule has 0 aliphatic carbocycles. The molecule has 0 saturated heterocycles. The van der Waals surface area contributed by atoms with Gasteiger partial charge in [0.05, 0.1) is 13.2 Å². The highest BCUT2D eigenvalue weighted by Gasteiger charge is 2.17. The number of rotatable bonds is 12. The predicted octanol–water partition coefficient (Wildman–Crippen LogP) is 5.23. The number of hydrogen-bond donors (Lipinski definition) is 1. The topological polar surface area (TPSA) is 65.0 Å². The molecule has 0 aliphatic heterocycles. The molecule has 3 aromatic rings. The summed E-state index contributed by atoms with van der Waals surface area (Å²) in [6.45, 7) is 3.27. The summed E-state index contributed by atoms with van der Waals surface area (Å²) in [5.74, 6) is 0.641. The van der Waals surface area contributed by atoms with Crippen molar-refractivity contribution < 1.29 is 24.1 Å². The number of ether oxygens (including phenoxy) is 3. The van der Waals surface area contributed by atoms with Gasteiger partial charge in [-0.05, 0) is 47.9 Å². The molecule has 1 atom stereocenters. The van der Waals surface area contributed by atoms with Gasteiger partial charge in [0.2, 0.25) is 0 Å². The second-order valence-corrected chi connectivity index (χ2v) is 7.07. The molecule has 0 fully saturated rings. The van der Waals surface area contributed by atoms with E-state index in [9.17, 15) is 9.90 Å². The van der Waals surface area contributed by atoms with E-state index >= 15 is 0 Å². The van der Waals surface area contributed by atoms with Gasteiger partial charge in [0, 0.05) is 19.4 Å². The summed E-state index contributed by atoms with van der Waals surface area (Å²) < 4.78 is 16.8. The first-order valence-electron chi connectivity index (χ1n) is 10.5. The van der Waals surface area contributed by atoms with Crippen molar-refractivity contribution in [2.24, 2.45) is 0 Å². The summed E-state index contributed by atoms with van der Waals surface area (Å²) in [4.78, 5) is 11.2. The van der Waals surface area contributed by atoms with Gasteiger partial charge < -0.3 is 19.3 Å². The Kier molecular flexibility index (Phi) is 8.49. The monoisotopic (exact) mass is 420 g/mol. The van der Waals surface area contributed by atoms with Crippen LogP contribution in [-0.2, 0) is 16.0 Å². The smallest absolute Gasteiger partial charge is 0.333 e. The van der Waals surface area contributed by atoms with Crippen LogP contribution in [0.2, 0.25) is 0 Å². The molecule has 3 rings (SSSR count). The lowest BCUT2D eigenvalue weighted by Gasteiger charge is -2.13. The van der Waals surface area contributed by atoms with Gasteiger partial charge in [-0.2, -0.15) is 0 Å². The van der Waals surface area contributed by atoms with E-state index in [1.165, 1.54) is 5.56 Å². The first kappa shape index (κ1) is 22.4. The lowest BCUT2D eigenvalue weighted by atomic mass is 10.1. The van der Waals surface area contributed by atoms with E-state index in [0.717, 1.165) is 29.0 Å². The van der Waals surface area contributed by atoms with Crippen LogP contribution < -0.4 is 9.47 Å². The fourth-order valence-electron chi connectivity index (χ4n) is 3.17. The molecular weight excluding hydrogens is 392 g/mol. The molecular formula is C26H28O5. The lowest BCUT2D eigenvalue weighted by molar-refractivity contribution is -0.149. The van der Waals surface area contributed by atoms with Crippen LogP contribution in [0.4, 0.5) is 0 Å². The largest absolute Gasteiger partial charge is 0.493 e. The van der Waals surface area contributed by atoms with Crippen molar-refractivity contribution in [3.63, 3.8) is 0 Å². The molecule has 31 heavy (non-hydrogen) atoms. The molecule has 0 saturated carbocycles. The highest BCUT2D eigenvalue weighted by Crippen LogP contribution is 2.22. The van der Waals surface area contributed by atoms with Crippen molar-refractivity contribution in [3.05, 3.63) is 84.4 Å². The highest BCUT2D eigenvalue weighted by atomic mass is 16.5. The van der Waals surface area contributed by atoms with Crippen LogP contribution in [0.1, 0.15) is 18.9 Å². The van der Waals surface area contributed by atoms with E-state index in [4.69, 9.17) is 14.2 Å². The van der Waals surface area contributed by atoms with E-state index in [-0.39, 0.29) is 0 Å². The normalized spacial score (nSPS) is 11.6. The lowest BCUT2D eigenvalue weighted by Crippen LogP contribution is -2.26. The van der Waals surface area contributed by atoms with Gasteiger partial charge in [-0.15, -0.1) is 0 Å². The molecule has 1 unspecified atom stereocenters. The maximum absolute atomic E-state index is 11.2.